The largest absolute Gasteiger partial charge is 0.393 e. The first-order chi connectivity index (χ1) is 7.27. The van der Waals surface area contributed by atoms with E-state index in [0.717, 1.165) is 24.3 Å². The molecule has 2 rings (SSSR count). The lowest BCUT2D eigenvalue weighted by Gasteiger charge is -2.09. The molecule has 0 aliphatic heterocycles. The quantitative estimate of drug-likeness (QED) is 0.813. The first-order valence-electron chi connectivity index (χ1n) is 5.69. The van der Waals surface area contributed by atoms with Crippen molar-refractivity contribution in [1.82, 2.24) is 0 Å². The van der Waals surface area contributed by atoms with Crippen LogP contribution in [0.1, 0.15) is 31.2 Å². The van der Waals surface area contributed by atoms with Gasteiger partial charge in [0, 0.05) is 5.02 Å². The Balaban J connectivity index is 1.75. The van der Waals surface area contributed by atoms with Gasteiger partial charge in [-0.05, 0) is 49.7 Å². The molecule has 1 N–H and O–H groups in total. The van der Waals surface area contributed by atoms with Gasteiger partial charge in [0.2, 0.25) is 0 Å². The van der Waals surface area contributed by atoms with E-state index in [1.165, 1.54) is 18.4 Å². The van der Waals surface area contributed by atoms with E-state index in [4.69, 9.17) is 11.6 Å². The number of hydrogen-bond donors (Lipinski definition) is 1. The van der Waals surface area contributed by atoms with Crippen LogP contribution in [0.4, 0.5) is 0 Å². The minimum atomic E-state index is -0.0764. The Morgan fingerprint density at radius 3 is 2.73 bits per heavy atom. The Hall–Kier alpha value is -0.530. The lowest BCUT2D eigenvalue weighted by molar-refractivity contribution is 0.139. The van der Waals surface area contributed by atoms with Crippen LogP contribution < -0.4 is 0 Å². The third-order valence-corrected chi connectivity index (χ3v) is 3.44. The molecule has 2 heteroatoms. The average Bonchev–Trinajstić information content (AvgIpc) is 3.04. The van der Waals surface area contributed by atoms with E-state index < -0.39 is 0 Å². The van der Waals surface area contributed by atoms with Gasteiger partial charge in [0.25, 0.3) is 0 Å². The van der Waals surface area contributed by atoms with Gasteiger partial charge in [0.15, 0.2) is 0 Å². The van der Waals surface area contributed by atoms with Crippen molar-refractivity contribution >= 4 is 11.6 Å². The van der Waals surface area contributed by atoms with Crippen LogP contribution in [0.5, 0.6) is 0 Å². The zero-order valence-corrected chi connectivity index (χ0v) is 9.58. The van der Waals surface area contributed by atoms with Gasteiger partial charge >= 0.3 is 0 Å². The van der Waals surface area contributed by atoms with Crippen LogP contribution in [0, 0.1) is 5.92 Å². The maximum atomic E-state index is 9.70. The zero-order chi connectivity index (χ0) is 10.7. The molecular weight excluding hydrogens is 208 g/mol. The monoisotopic (exact) mass is 224 g/mol. The van der Waals surface area contributed by atoms with Crippen molar-refractivity contribution in [3.05, 3.63) is 34.9 Å². The van der Waals surface area contributed by atoms with Crippen LogP contribution in [0.2, 0.25) is 5.02 Å². The summed E-state index contributed by atoms with van der Waals surface area (Å²) < 4.78 is 0. The number of rotatable bonds is 5. The number of aliphatic hydroxyl groups excluding tert-OH is 1. The number of benzene rings is 1. The fourth-order valence-corrected chi connectivity index (χ4v) is 2.15. The molecule has 1 aromatic carbocycles. The molecule has 0 amide bonds. The Bertz CT molecular complexity index is 320. The number of hydrogen-bond acceptors (Lipinski definition) is 1. The fourth-order valence-electron chi connectivity index (χ4n) is 1.92. The van der Waals surface area contributed by atoms with Crippen molar-refractivity contribution in [2.75, 3.05) is 0 Å². The average molecular weight is 225 g/mol. The zero-order valence-electron chi connectivity index (χ0n) is 8.82. The predicted molar refractivity (Wildman–Crippen MR) is 63.1 cm³/mol. The molecule has 1 unspecified atom stereocenters. The molecule has 82 valence electrons. The van der Waals surface area contributed by atoms with Crippen molar-refractivity contribution in [3.63, 3.8) is 0 Å². The fraction of sp³-hybridized carbons (Fsp3) is 0.538. The van der Waals surface area contributed by atoms with Crippen LogP contribution in [0.15, 0.2) is 24.3 Å². The summed E-state index contributed by atoms with van der Waals surface area (Å²) in [6, 6.07) is 7.95. The van der Waals surface area contributed by atoms with Crippen LogP contribution in [0.3, 0.4) is 0 Å². The molecule has 1 aliphatic carbocycles. The topological polar surface area (TPSA) is 20.2 Å². The van der Waals surface area contributed by atoms with Gasteiger partial charge in [-0.3, -0.25) is 0 Å². The predicted octanol–water partition coefficient (Wildman–Crippen LogP) is 3.43. The van der Waals surface area contributed by atoms with Gasteiger partial charge in [0.1, 0.15) is 0 Å². The van der Waals surface area contributed by atoms with Crippen LogP contribution >= 0.6 is 11.6 Å². The minimum absolute atomic E-state index is 0.0764. The molecule has 15 heavy (non-hydrogen) atoms. The summed E-state index contributed by atoms with van der Waals surface area (Å²) in [7, 11) is 0. The molecule has 0 bridgehead atoms. The molecule has 1 nitrogen and oxygen atoms in total. The van der Waals surface area contributed by atoms with E-state index in [9.17, 15) is 5.11 Å². The van der Waals surface area contributed by atoms with E-state index in [2.05, 4.69) is 6.07 Å². The summed E-state index contributed by atoms with van der Waals surface area (Å²) in [6.07, 6.45) is 5.27. The molecule has 0 heterocycles. The Kier molecular flexibility index (Phi) is 3.66. The number of aliphatic hydroxyl groups is 1. The lowest BCUT2D eigenvalue weighted by atomic mass is 10.0. The smallest absolute Gasteiger partial charge is 0.0568 e. The second-order valence-electron chi connectivity index (χ2n) is 4.39. The first kappa shape index (κ1) is 11.0. The van der Waals surface area contributed by atoms with E-state index in [0.29, 0.717) is 5.92 Å². The second kappa shape index (κ2) is 5.00. The summed E-state index contributed by atoms with van der Waals surface area (Å²) >= 11 is 6.05. The van der Waals surface area contributed by atoms with Crippen molar-refractivity contribution in [2.24, 2.45) is 5.92 Å². The van der Waals surface area contributed by atoms with Crippen LogP contribution in [0.25, 0.3) is 0 Å². The summed E-state index contributed by atoms with van der Waals surface area (Å²) in [5, 5.41) is 10.5. The van der Waals surface area contributed by atoms with Crippen molar-refractivity contribution in [3.8, 4) is 0 Å². The molecule has 1 aliphatic rings. The highest BCUT2D eigenvalue weighted by atomic mass is 35.5. The summed E-state index contributed by atoms with van der Waals surface area (Å²) in [4.78, 5) is 0. The molecule has 0 radical (unpaired) electrons. The molecule has 0 aromatic heterocycles. The Morgan fingerprint density at radius 2 is 2.07 bits per heavy atom. The molecule has 1 aromatic rings. The van der Waals surface area contributed by atoms with Gasteiger partial charge in [-0.25, -0.2) is 0 Å². The maximum Gasteiger partial charge on any atom is 0.0568 e. The first-order valence-corrected chi connectivity index (χ1v) is 6.06. The third kappa shape index (κ3) is 3.22. The molecule has 1 atom stereocenters. The minimum Gasteiger partial charge on any atom is -0.393 e. The van der Waals surface area contributed by atoms with Gasteiger partial charge < -0.3 is 5.11 Å². The SMILES string of the molecule is OC(CCCc1ccccc1Cl)C1CC1. The molecule has 0 saturated heterocycles. The summed E-state index contributed by atoms with van der Waals surface area (Å²) in [5.74, 6) is 0.594. The highest BCUT2D eigenvalue weighted by molar-refractivity contribution is 6.31. The standard InChI is InChI=1S/C13H17ClO/c14-12-6-2-1-4-10(12)5-3-7-13(15)11-8-9-11/h1-2,4,6,11,13,15H,3,5,7-9H2. The van der Waals surface area contributed by atoms with Gasteiger partial charge in [-0.2, -0.15) is 0 Å². The summed E-state index contributed by atoms with van der Waals surface area (Å²) in [5.41, 5.74) is 1.20. The molecular formula is C13H17ClO. The Morgan fingerprint density at radius 1 is 1.33 bits per heavy atom. The van der Waals surface area contributed by atoms with E-state index in [1.54, 1.807) is 0 Å². The van der Waals surface area contributed by atoms with Gasteiger partial charge in [0.05, 0.1) is 6.10 Å². The normalized spacial score (nSPS) is 17.7. The number of aryl methyl sites for hydroxylation is 1. The van der Waals surface area contributed by atoms with Crippen molar-refractivity contribution in [1.29, 1.82) is 0 Å². The lowest BCUT2D eigenvalue weighted by Crippen LogP contribution is -2.09. The highest BCUT2D eigenvalue weighted by Crippen LogP contribution is 2.34. The van der Waals surface area contributed by atoms with Crippen LogP contribution in [-0.4, -0.2) is 11.2 Å². The number of halogens is 1. The second-order valence-corrected chi connectivity index (χ2v) is 4.80. The molecule has 0 spiro atoms. The van der Waals surface area contributed by atoms with E-state index >= 15 is 0 Å². The van der Waals surface area contributed by atoms with Gasteiger partial charge in [-0.15, -0.1) is 0 Å². The van der Waals surface area contributed by atoms with Gasteiger partial charge in [-0.1, -0.05) is 29.8 Å². The summed E-state index contributed by atoms with van der Waals surface area (Å²) in [6.45, 7) is 0. The van der Waals surface area contributed by atoms with E-state index in [-0.39, 0.29) is 6.10 Å². The van der Waals surface area contributed by atoms with E-state index in [1.807, 2.05) is 18.2 Å². The molecule has 1 fully saturated rings. The third-order valence-electron chi connectivity index (χ3n) is 3.07. The maximum absolute atomic E-state index is 9.70. The Labute approximate surface area is 96.1 Å². The van der Waals surface area contributed by atoms with Crippen molar-refractivity contribution in [2.45, 2.75) is 38.2 Å². The van der Waals surface area contributed by atoms with Crippen molar-refractivity contribution < 1.29 is 5.11 Å². The van der Waals surface area contributed by atoms with Crippen LogP contribution in [-0.2, 0) is 6.42 Å². The molecule has 1 saturated carbocycles. The highest BCUT2D eigenvalue weighted by Gasteiger charge is 2.28.